The van der Waals surface area contributed by atoms with Gasteiger partial charge in [0.15, 0.2) is 0 Å². The second kappa shape index (κ2) is 12.5. The van der Waals surface area contributed by atoms with E-state index in [1.54, 1.807) is 7.11 Å². The first-order valence-electron chi connectivity index (χ1n) is 12.7. The quantitative estimate of drug-likeness (QED) is 0.339. The smallest absolute Gasteiger partial charge is 0.139 e. The SMILES string of the molecule is C=C(C)C=C1C(=C/C)/C=C\C=CCCc2cccc(c2)C(OC)(/C(C)=C/CC=N)c2ccc(C)c1c2. The summed E-state index contributed by atoms with van der Waals surface area (Å²) in [6.45, 7) is 12.6. The number of hydrogen-bond donors (Lipinski definition) is 1. The van der Waals surface area contributed by atoms with Crippen molar-refractivity contribution in [1.29, 1.82) is 5.41 Å². The zero-order valence-electron chi connectivity index (χ0n) is 22.4. The predicted molar refractivity (Wildman–Crippen MR) is 156 cm³/mol. The van der Waals surface area contributed by atoms with Gasteiger partial charge >= 0.3 is 0 Å². The van der Waals surface area contributed by atoms with Gasteiger partial charge in [-0.25, -0.2) is 0 Å². The largest absolute Gasteiger partial charge is 0.364 e. The Balaban J connectivity index is 2.44. The molecular weight excluding hydrogens is 438 g/mol. The molecule has 0 saturated heterocycles. The fourth-order valence-corrected chi connectivity index (χ4v) is 4.96. The Hall–Kier alpha value is -3.49. The number of rotatable bonds is 5. The molecule has 1 aliphatic carbocycles. The van der Waals surface area contributed by atoms with Crippen LogP contribution in [0.3, 0.4) is 0 Å². The Kier molecular flexibility index (Phi) is 9.38. The van der Waals surface area contributed by atoms with E-state index in [1.807, 2.05) is 6.92 Å². The molecule has 3 rings (SSSR count). The molecule has 36 heavy (non-hydrogen) atoms. The van der Waals surface area contributed by atoms with Gasteiger partial charge in [0.05, 0.1) is 0 Å². The van der Waals surface area contributed by atoms with E-state index in [9.17, 15) is 0 Å². The minimum atomic E-state index is -0.766. The summed E-state index contributed by atoms with van der Waals surface area (Å²) in [6.07, 6.45) is 19.0. The molecule has 0 aliphatic heterocycles. The average Bonchev–Trinajstić information content (AvgIpc) is 2.87. The predicted octanol–water partition coefficient (Wildman–Crippen LogP) is 8.84. The number of allylic oxidation sites excluding steroid dienone is 10. The Labute approximate surface area is 217 Å². The molecule has 0 fully saturated rings. The number of ether oxygens (including phenoxy) is 1. The molecule has 2 nitrogen and oxygen atoms in total. The van der Waals surface area contributed by atoms with Crippen LogP contribution in [0.5, 0.6) is 0 Å². The van der Waals surface area contributed by atoms with Crippen LogP contribution in [0.4, 0.5) is 0 Å². The lowest BCUT2D eigenvalue weighted by Gasteiger charge is -2.36. The third-order valence-corrected chi connectivity index (χ3v) is 6.81. The van der Waals surface area contributed by atoms with Crippen LogP contribution in [0.1, 0.15) is 61.4 Å². The van der Waals surface area contributed by atoms with Crippen molar-refractivity contribution in [3.63, 3.8) is 0 Å². The number of fused-ring (bicyclic) bond motifs is 4. The van der Waals surface area contributed by atoms with Crippen LogP contribution in [0.2, 0.25) is 0 Å². The summed E-state index contributed by atoms with van der Waals surface area (Å²) < 4.78 is 6.49. The van der Waals surface area contributed by atoms with Crippen LogP contribution < -0.4 is 0 Å². The van der Waals surface area contributed by atoms with Crippen molar-refractivity contribution < 1.29 is 4.74 Å². The highest BCUT2D eigenvalue weighted by molar-refractivity contribution is 5.85. The maximum Gasteiger partial charge on any atom is 0.139 e. The summed E-state index contributed by atoms with van der Waals surface area (Å²) in [7, 11) is 1.79. The highest BCUT2D eigenvalue weighted by Crippen LogP contribution is 2.42. The van der Waals surface area contributed by atoms with Crippen LogP contribution >= 0.6 is 0 Å². The van der Waals surface area contributed by atoms with Crippen LogP contribution in [-0.2, 0) is 16.8 Å². The third-order valence-electron chi connectivity index (χ3n) is 6.81. The van der Waals surface area contributed by atoms with Crippen molar-refractivity contribution in [1.82, 2.24) is 0 Å². The molecule has 1 unspecified atom stereocenters. The number of benzene rings is 2. The van der Waals surface area contributed by atoms with Crippen molar-refractivity contribution in [2.75, 3.05) is 7.11 Å². The fourth-order valence-electron chi connectivity index (χ4n) is 4.96. The summed E-state index contributed by atoms with van der Waals surface area (Å²) in [4.78, 5) is 0. The van der Waals surface area contributed by atoms with E-state index in [4.69, 9.17) is 10.1 Å². The van der Waals surface area contributed by atoms with E-state index in [0.29, 0.717) is 6.42 Å². The average molecular weight is 478 g/mol. The minimum Gasteiger partial charge on any atom is -0.364 e. The van der Waals surface area contributed by atoms with Gasteiger partial charge in [0.1, 0.15) is 5.60 Å². The first kappa shape index (κ1) is 27.1. The molecule has 1 aliphatic rings. The maximum atomic E-state index is 7.61. The zero-order chi connectivity index (χ0) is 26.1. The highest BCUT2D eigenvalue weighted by Gasteiger charge is 2.37. The van der Waals surface area contributed by atoms with E-state index in [1.165, 1.54) is 17.3 Å². The van der Waals surface area contributed by atoms with Crippen molar-refractivity contribution in [2.24, 2.45) is 0 Å². The van der Waals surface area contributed by atoms with Crippen molar-refractivity contribution >= 4 is 11.8 Å². The molecule has 0 saturated carbocycles. The maximum absolute atomic E-state index is 7.61. The van der Waals surface area contributed by atoms with Gasteiger partial charge in [0.25, 0.3) is 0 Å². The molecule has 0 aromatic heterocycles. The molecule has 0 heterocycles. The first-order chi connectivity index (χ1) is 17.4. The lowest BCUT2D eigenvalue weighted by atomic mass is 9.77. The molecule has 2 aromatic carbocycles. The second-order valence-electron chi connectivity index (χ2n) is 9.42. The highest BCUT2D eigenvalue weighted by atomic mass is 16.5. The standard InChI is InChI=1S/C34H39NO/c1-7-29-17-11-9-8-10-15-28-16-12-18-30(23-28)34(36-6,27(5)14-13-21-35)31-20-19-26(4)32(24-31)33(29)22-25(2)3/h7-9,11-12,14,16-24,35H,2,10,13,15H2,1,3-6H3/b9-8?,17-11-,27-14+,29-7+,33-22?,35-21?. The molecule has 1 atom stereocenters. The molecule has 2 heteroatoms. The van der Waals surface area contributed by atoms with Crippen LogP contribution in [0.15, 0.2) is 108 Å². The van der Waals surface area contributed by atoms with E-state index in [-0.39, 0.29) is 0 Å². The van der Waals surface area contributed by atoms with Crippen molar-refractivity contribution in [3.8, 4) is 0 Å². The Bertz CT molecular complexity index is 1270. The van der Waals surface area contributed by atoms with Crippen LogP contribution in [0.25, 0.3) is 5.57 Å². The van der Waals surface area contributed by atoms with Gasteiger partial charge in [0.2, 0.25) is 0 Å². The topological polar surface area (TPSA) is 33.1 Å². The number of aryl methyl sites for hydroxylation is 2. The molecule has 0 spiro atoms. The lowest BCUT2D eigenvalue weighted by Crippen LogP contribution is -2.32. The van der Waals surface area contributed by atoms with Gasteiger partial charge in [-0.1, -0.05) is 91.1 Å². The number of hydrogen-bond acceptors (Lipinski definition) is 2. The fraction of sp³-hybridized carbons (Fsp3) is 0.265. The van der Waals surface area contributed by atoms with E-state index >= 15 is 0 Å². The minimum absolute atomic E-state index is 0.564. The third kappa shape index (κ3) is 5.83. The van der Waals surface area contributed by atoms with Crippen LogP contribution in [-0.4, -0.2) is 13.3 Å². The molecule has 1 N–H and O–H groups in total. The zero-order valence-corrected chi connectivity index (χ0v) is 22.4. The Morgan fingerprint density at radius 2 is 1.89 bits per heavy atom. The summed E-state index contributed by atoms with van der Waals surface area (Å²) in [5.74, 6) is 0. The lowest BCUT2D eigenvalue weighted by molar-refractivity contribution is 0.0545. The molecule has 0 amide bonds. The van der Waals surface area contributed by atoms with E-state index in [2.05, 4.69) is 112 Å². The summed E-state index contributed by atoms with van der Waals surface area (Å²) in [5, 5.41) is 7.61. The van der Waals surface area contributed by atoms with Gasteiger partial charge in [-0.15, -0.1) is 0 Å². The number of nitrogens with one attached hydrogen (secondary N) is 1. The Morgan fingerprint density at radius 3 is 2.58 bits per heavy atom. The number of methoxy groups -OCH3 is 1. The molecular formula is C34H39NO. The van der Waals surface area contributed by atoms with Gasteiger partial charge in [-0.05, 0) is 97.4 Å². The van der Waals surface area contributed by atoms with Crippen molar-refractivity contribution in [2.45, 2.75) is 52.6 Å². The molecule has 2 aromatic rings. The molecule has 0 radical (unpaired) electrons. The van der Waals surface area contributed by atoms with Gasteiger partial charge < -0.3 is 10.1 Å². The second-order valence-corrected chi connectivity index (χ2v) is 9.42. The Morgan fingerprint density at radius 1 is 1.11 bits per heavy atom. The van der Waals surface area contributed by atoms with Crippen LogP contribution in [0, 0.1) is 12.3 Å². The van der Waals surface area contributed by atoms with Gasteiger partial charge in [0, 0.05) is 13.5 Å². The molecule has 186 valence electrons. The first-order valence-corrected chi connectivity index (χ1v) is 12.7. The molecule has 4 bridgehead atoms. The monoisotopic (exact) mass is 477 g/mol. The van der Waals surface area contributed by atoms with E-state index < -0.39 is 5.60 Å². The normalized spacial score (nSPS) is 21.6. The summed E-state index contributed by atoms with van der Waals surface area (Å²) in [6, 6.07) is 15.4. The van der Waals surface area contributed by atoms with E-state index in [0.717, 1.165) is 51.8 Å². The summed E-state index contributed by atoms with van der Waals surface area (Å²) >= 11 is 0. The van der Waals surface area contributed by atoms with Gasteiger partial charge in [-0.2, -0.15) is 0 Å². The van der Waals surface area contributed by atoms with Crippen molar-refractivity contribution in [3.05, 3.63) is 136 Å². The van der Waals surface area contributed by atoms with Gasteiger partial charge in [-0.3, -0.25) is 0 Å². The summed E-state index contributed by atoms with van der Waals surface area (Å²) in [5.41, 5.74) is 9.40.